The Kier molecular flexibility index (Phi) is 5.76. The van der Waals surface area contributed by atoms with Gasteiger partial charge in [-0.1, -0.05) is 25.4 Å². The lowest BCUT2D eigenvalue weighted by molar-refractivity contribution is -0.122. The number of nitrogens with one attached hydrogen (secondary N) is 2. The van der Waals surface area contributed by atoms with Crippen LogP contribution in [0, 0.1) is 5.92 Å². The lowest BCUT2D eigenvalue weighted by atomic mass is 10.0. The van der Waals surface area contributed by atoms with Gasteiger partial charge in [0.05, 0.1) is 10.6 Å². The van der Waals surface area contributed by atoms with Gasteiger partial charge >= 0.3 is 0 Å². The Hall–Kier alpha value is -1.62. The van der Waals surface area contributed by atoms with E-state index >= 15 is 0 Å². The van der Waals surface area contributed by atoms with Crippen LogP contribution in [-0.4, -0.2) is 29.9 Å². The Morgan fingerprint density at radius 1 is 1.42 bits per heavy atom. The highest BCUT2D eigenvalue weighted by Gasteiger charge is 2.22. The third kappa shape index (κ3) is 4.52. The van der Waals surface area contributed by atoms with E-state index < -0.39 is 11.9 Å². The average Bonchev–Trinajstić information content (AvgIpc) is 2.36. The maximum Gasteiger partial charge on any atom is 0.255 e. The second-order valence-corrected chi connectivity index (χ2v) is 5.03. The van der Waals surface area contributed by atoms with Crippen molar-refractivity contribution in [2.24, 2.45) is 5.92 Å². The summed E-state index contributed by atoms with van der Waals surface area (Å²) in [6, 6.07) is 0.960. The third-order valence-electron chi connectivity index (χ3n) is 2.59. The number of aromatic nitrogens is 1. The lowest BCUT2D eigenvalue weighted by Crippen LogP contribution is -2.46. The fourth-order valence-electron chi connectivity index (χ4n) is 1.66. The van der Waals surface area contributed by atoms with Crippen LogP contribution in [0.15, 0.2) is 18.5 Å². The van der Waals surface area contributed by atoms with Gasteiger partial charge < -0.3 is 10.6 Å². The highest BCUT2D eigenvalue weighted by Crippen LogP contribution is 2.14. The zero-order valence-electron chi connectivity index (χ0n) is 11.2. The van der Waals surface area contributed by atoms with Crippen molar-refractivity contribution in [3.8, 4) is 0 Å². The van der Waals surface area contributed by atoms with E-state index in [0.29, 0.717) is 11.4 Å². The summed E-state index contributed by atoms with van der Waals surface area (Å²) in [5, 5.41) is 5.53. The van der Waals surface area contributed by atoms with Gasteiger partial charge in [0, 0.05) is 19.4 Å². The monoisotopic (exact) mass is 283 g/mol. The molecule has 0 aliphatic heterocycles. The van der Waals surface area contributed by atoms with Gasteiger partial charge in [-0.15, -0.1) is 0 Å². The molecule has 1 atom stereocenters. The highest BCUT2D eigenvalue weighted by atomic mass is 35.5. The first-order valence-corrected chi connectivity index (χ1v) is 6.45. The predicted molar refractivity (Wildman–Crippen MR) is 74.0 cm³/mol. The van der Waals surface area contributed by atoms with Crippen molar-refractivity contribution < 1.29 is 9.59 Å². The van der Waals surface area contributed by atoms with Gasteiger partial charge in [0.15, 0.2) is 0 Å². The van der Waals surface area contributed by atoms with Crippen molar-refractivity contribution in [2.45, 2.75) is 26.3 Å². The fourth-order valence-corrected chi connectivity index (χ4v) is 1.85. The summed E-state index contributed by atoms with van der Waals surface area (Å²) < 4.78 is 0. The van der Waals surface area contributed by atoms with Gasteiger partial charge in [0.1, 0.15) is 6.04 Å². The molecule has 0 aromatic carbocycles. The van der Waals surface area contributed by atoms with E-state index in [2.05, 4.69) is 15.6 Å². The number of hydrogen-bond acceptors (Lipinski definition) is 3. The Labute approximate surface area is 117 Å². The molecule has 1 heterocycles. The molecule has 0 aliphatic carbocycles. The van der Waals surface area contributed by atoms with E-state index in [1.54, 1.807) is 7.05 Å². The lowest BCUT2D eigenvalue weighted by Gasteiger charge is -2.19. The molecule has 0 fully saturated rings. The van der Waals surface area contributed by atoms with Crippen molar-refractivity contribution in [2.75, 3.05) is 7.05 Å². The molecule has 5 nitrogen and oxygen atoms in total. The zero-order valence-corrected chi connectivity index (χ0v) is 12.0. The van der Waals surface area contributed by atoms with E-state index in [9.17, 15) is 9.59 Å². The first-order chi connectivity index (χ1) is 8.95. The summed E-state index contributed by atoms with van der Waals surface area (Å²) >= 11 is 5.92. The number of rotatable bonds is 5. The molecule has 0 aliphatic rings. The van der Waals surface area contributed by atoms with Crippen LogP contribution in [0.3, 0.4) is 0 Å². The van der Waals surface area contributed by atoms with Gasteiger partial charge in [-0.05, 0) is 18.4 Å². The maximum atomic E-state index is 12.1. The fraction of sp³-hybridized carbons (Fsp3) is 0.462. The molecular formula is C13H18ClN3O2. The van der Waals surface area contributed by atoms with Crippen LogP contribution in [0.4, 0.5) is 0 Å². The van der Waals surface area contributed by atoms with Gasteiger partial charge in [-0.3, -0.25) is 14.6 Å². The number of carbonyl (C=O) groups is 2. The van der Waals surface area contributed by atoms with Gasteiger partial charge in [0.2, 0.25) is 5.91 Å². The minimum absolute atomic E-state index is 0.220. The van der Waals surface area contributed by atoms with E-state index in [0.717, 1.165) is 0 Å². The standard InChI is InChI=1S/C13H18ClN3O2/c1-8(2)6-11(13(19)15-3)17-12(18)9-7-16-5-4-10(9)14/h4-5,7-8,11H,6H2,1-3H3,(H,15,19)(H,17,18). The average molecular weight is 284 g/mol. The van der Waals surface area contributed by atoms with Crippen LogP contribution in [0.1, 0.15) is 30.6 Å². The van der Waals surface area contributed by atoms with Crippen LogP contribution in [0.25, 0.3) is 0 Å². The van der Waals surface area contributed by atoms with Crippen molar-refractivity contribution in [1.82, 2.24) is 15.6 Å². The van der Waals surface area contributed by atoms with E-state index in [1.807, 2.05) is 13.8 Å². The molecule has 104 valence electrons. The minimum Gasteiger partial charge on any atom is -0.357 e. The van der Waals surface area contributed by atoms with Crippen LogP contribution in [-0.2, 0) is 4.79 Å². The summed E-state index contributed by atoms with van der Waals surface area (Å²) in [7, 11) is 1.54. The Morgan fingerprint density at radius 3 is 2.63 bits per heavy atom. The number of likely N-dealkylation sites (N-methyl/N-ethyl adjacent to an activating group) is 1. The van der Waals surface area contributed by atoms with Gasteiger partial charge in [0.25, 0.3) is 5.91 Å². The van der Waals surface area contributed by atoms with Crippen molar-refractivity contribution in [1.29, 1.82) is 0 Å². The van der Waals surface area contributed by atoms with Crippen molar-refractivity contribution >= 4 is 23.4 Å². The van der Waals surface area contributed by atoms with Crippen LogP contribution < -0.4 is 10.6 Å². The number of hydrogen-bond donors (Lipinski definition) is 2. The van der Waals surface area contributed by atoms with Crippen LogP contribution >= 0.6 is 11.6 Å². The molecule has 6 heteroatoms. The van der Waals surface area contributed by atoms with E-state index in [4.69, 9.17) is 11.6 Å². The van der Waals surface area contributed by atoms with Gasteiger partial charge in [-0.25, -0.2) is 0 Å². The molecule has 1 unspecified atom stereocenters. The Morgan fingerprint density at radius 2 is 2.11 bits per heavy atom. The number of halogens is 1. The molecule has 0 saturated heterocycles. The molecule has 2 amide bonds. The summed E-state index contributed by atoms with van der Waals surface area (Å²) in [6.45, 7) is 3.97. The first-order valence-electron chi connectivity index (χ1n) is 6.07. The highest BCUT2D eigenvalue weighted by molar-refractivity contribution is 6.33. The number of carbonyl (C=O) groups excluding carboxylic acids is 2. The summed E-state index contributed by atoms with van der Waals surface area (Å²) in [6.07, 6.45) is 3.45. The smallest absolute Gasteiger partial charge is 0.255 e. The second-order valence-electron chi connectivity index (χ2n) is 4.63. The van der Waals surface area contributed by atoms with Crippen LogP contribution in [0.2, 0.25) is 5.02 Å². The first kappa shape index (κ1) is 15.4. The maximum absolute atomic E-state index is 12.1. The minimum atomic E-state index is -0.575. The molecule has 19 heavy (non-hydrogen) atoms. The Bertz CT molecular complexity index is 463. The van der Waals surface area contributed by atoms with Crippen molar-refractivity contribution in [3.63, 3.8) is 0 Å². The second kappa shape index (κ2) is 7.09. The van der Waals surface area contributed by atoms with Crippen LogP contribution in [0.5, 0.6) is 0 Å². The number of amides is 2. The topological polar surface area (TPSA) is 71.1 Å². The SMILES string of the molecule is CNC(=O)C(CC(C)C)NC(=O)c1cnccc1Cl. The van der Waals surface area contributed by atoms with E-state index in [1.165, 1.54) is 18.5 Å². The molecule has 1 rings (SSSR count). The normalized spacial score (nSPS) is 12.1. The molecule has 2 N–H and O–H groups in total. The molecule has 1 aromatic rings. The molecular weight excluding hydrogens is 266 g/mol. The molecule has 0 spiro atoms. The number of nitrogens with zero attached hydrogens (tertiary/aromatic N) is 1. The van der Waals surface area contributed by atoms with Crippen molar-refractivity contribution in [3.05, 3.63) is 29.0 Å². The summed E-state index contributed by atoms with van der Waals surface area (Å²) in [5.41, 5.74) is 0.266. The molecule has 0 saturated carbocycles. The Balaban J connectivity index is 2.82. The predicted octanol–water partition coefficient (Wildman–Crippen LogP) is 1.63. The van der Waals surface area contributed by atoms with Gasteiger partial charge in [-0.2, -0.15) is 0 Å². The van der Waals surface area contributed by atoms with E-state index in [-0.39, 0.29) is 17.4 Å². The summed E-state index contributed by atoms with van der Waals surface area (Å²) in [4.78, 5) is 27.6. The third-order valence-corrected chi connectivity index (χ3v) is 2.92. The molecule has 0 radical (unpaired) electrons. The molecule has 0 bridgehead atoms. The number of pyridine rings is 1. The quantitative estimate of drug-likeness (QED) is 0.863. The summed E-state index contributed by atoms with van der Waals surface area (Å²) in [5.74, 6) is -0.332. The zero-order chi connectivity index (χ0) is 14.4. The largest absolute Gasteiger partial charge is 0.357 e. The molecule has 1 aromatic heterocycles.